The van der Waals surface area contributed by atoms with Crippen LogP contribution in [0.1, 0.15) is 10.5 Å². The lowest BCUT2D eigenvalue weighted by Crippen LogP contribution is -2.13. The van der Waals surface area contributed by atoms with Crippen LogP contribution < -0.4 is 11.1 Å². The van der Waals surface area contributed by atoms with Crippen LogP contribution in [0, 0.1) is 0 Å². The predicted molar refractivity (Wildman–Crippen MR) is 60.9 cm³/mol. The van der Waals surface area contributed by atoms with E-state index in [1.54, 1.807) is 23.0 Å². The van der Waals surface area contributed by atoms with Gasteiger partial charge in [-0.3, -0.25) is 4.79 Å². The van der Waals surface area contributed by atoms with Crippen molar-refractivity contribution >= 4 is 28.6 Å². The quantitative estimate of drug-likeness (QED) is 0.759. The highest BCUT2D eigenvalue weighted by atomic mass is 32.1. The number of nitrogens with one attached hydrogen (secondary N) is 1. The molecular weight excluding hydrogens is 210 g/mol. The van der Waals surface area contributed by atoms with Gasteiger partial charge >= 0.3 is 0 Å². The van der Waals surface area contributed by atoms with Crippen molar-refractivity contribution < 1.29 is 4.79 Å². The molecule has 2 aromatic rings. The molecule has 1 aromatic heterocycles. The molecule has 1 amide bonds. The van der Waals surface area contributed by atoms with Crippen molar-refractivity contribution in [2.75, 3.05) is 11.1 Å². The van der Waals surface area contributed by atoms with Gasteiger partial charge in [0, 0.05) is 5.38 Å². The summed E-state index contributed by atoms with van der Waals surface area (Å²) >= 11 is 1.38. The number of nitrogens with zero attached hydrogens (tertiary/aromatic N) is 1. The van der Waals surface area contributed by atoms with Gasteiger partial charge in [0.15, 0.2) is 0 Å². The zero-order valence-electron chi connectivity index (χ0n) is 7.81. The van der Waals surface area contributed by atoms with Crippen LogP contribution in [0.25, 0.3) is 0 Å². The zero-order chi connectivity index (χ0) is 10.7. The molecule has 4 nitrogen and oxygen atoms in total. The maximum Gasteiger partial charge on any atom is 0.275 e. The largest absolute Gasteiger partial charge is 0.397 e. The molecule has 76 valence electrons. The third-order valence-corrected chi connectivity index (χ3v) is 2.46. The van der Waals surface area contributed by atoms with E-state index < -0.39 is 0 Å². The summed E-state index contributed by atoms with van der Waals surface area (Å²) in [4.78, 5) is 15.5. The summed E-state index contributed by atoms with van der Waals surface area (Å²) in [6, 6.07) is 7.11. The summed E-state index contributed by atoms with van der Waals surface area (Å²) in [6.45, 7) is 0. The molecule has 0 spiro atoms. The van der Waals surface area contributed by atoms with E-state index in [-0.39, 0.29) is 5.91 Å². The summed E-state index contributed by atoms with van der Waals surface area (Å²) in [5, 5.41) is 4.38. The molecule has 0 saturated heterocycles. The number of benzene rings is 1. The number of hydrogen-bond acceptors (Lipinski definition) is 4. The Kier molecular flexibility index (Phi) is 2.64. The lowest BCUT2D eigenvalue weighted by molar-refractivity contribution is 0.102. The second kappa shape index (κ2) is 4.10. The van der Waals surface area contributed by atoms with Crippen LogP contribution in [0.5, 0.6) is 0 Å². The molecule has 1 heterocycles. The van der Waals surface area contributed by atoms with Crippen LogP contribution in [-0.2, 0) is 0 Å². The van der Waals surface area contributed by atoms with Gasteiger partial charge in [-0.05, 0) is 12.1 Å². The molecule has 0 aliphatic heterocycles. The molecule has 0 aliphatic rings. The van der Waals surface area contributed by atoms with Crippen LogP contribution >= 0.6 is 11.3 Å². The molecule has 2 rings (SSSR count). The van der Waals surface area contributed by atoms with E-state index in [1.165, 1.54) is 11.3 Å². The number of amides is 1. The molecular formula is C10H9N3OS. The van der Waals surface area contributed by atoms with Gasteiger partial charge < -0.3 is 11.1 Å². The molecule has 0 atom stereocenters. The highest BCUT2D eigenvalue weighted by Gasteiger charge is 2.08. The molecule has 0 saturated carbocycles. The zero-order valence-corrected chi connectivity index (χ0v) is 8.62. The summed E-state index contributed by atoms with van der Waals surface area (Å²) in [6.07, 6.45) is 0. The van der Waals surface area contributed by atoms with Crippen molar-refractivity contribution in [2.45, 2.75) is 0 Å². The van der Waals surface area contributed by atoms with Crippen molar-refractivity contribution in [2.24, 2.45) is 0 Å². The second-order valence-electron chi connectivity index (χ2n) is 2.92. The van der Waals surface area contributed by atoms with E-state index in [1.807, 2.05) is 12.1 Å². The van der Waals surface area contributed by atoms with Crippen molar-refractivity contribution in [3.63, 3.8) is 0 Å². The number of carbonyl (C=O) groups is 1. The Labute approximate surface area is 90.8 Å². The average molecular weight is 219 g/mol. The Bertz CT molecular complexity index is 467. The van der Waals surface area contributed by atoms with Crippen LogP contribution in [-0.4, -0.2) is 10.9 Å². The number of nitrogen functional groups attached to an aromatic ring is 1. The lowest BCUT2D eigenvalue weighted by Gasteiger charge is -2.05. The average Bonchev–Trinajstić information content (AvgIpc) is 2.74. The summed E-state index contributed by atoms with van der Waals surface area (Å²) in [5.74, 6) is -0.242. The third kappa shape index (κ3) is 2.13. The van der Waals surface area contributed by atoms with Crippen molar-refractivity contribution in [1.82, 2.24) is 4.98 Å². The van der Waals surface area contributed by atoms with Crippen LogP contribution in [0.4, 0.5) is 11.4 Å². The topological polar surface area (TPSA) is 68.0 Å². The molecule has 0 unspecified atom stereocenters. The summed E-state index contributed by atoms with van der Waals surface area (Å²) < 4.78 is 0. The van der Waals surface area contributed by atoms with Crippen LogP contribution in [0.2, 0.25) is 0 Å². The van der Waals surface area contributed by atoms with Crippen LogP contribution in [0.15, 0.2) is 35.2 Å². The minimum absolute atomic E-state index is 0.242. The van der Waals surface area contributed by atoms with Gasteiger partial charge in [0.2, 0.25) is 0 Å². The summed E-state index contributed by atoms with van der Waals surface area (Å²) in [7, 11) is 0. The molecule has 0 radical (unpaired) electrons. The highest BCUT2D eigenvalue weighted by molar-refractivity contribution is 7.07. The van der Waals surface area contributed by atoms with E-state index in [0.717, 1.165) is 0 Å². The first kappa shape index (κ1) is 9.67. The maximum absolute atomic E-state index is 11.6. The number of para-hydroxylation sites is 2. The Hall–Kier alpha value is -1.88. The first-order valence-corrected chi connectivity index (χ1v) is 5.25. The van der Waals surface area contributed by atoms with Gasteiger partial charge in [0.1, 0.15) is 5.69 Å². The second-order valence-corrected chi connectivity index (χ2v) is 3.63. The normalized spacial score (nSPS) is 9.87. The SMILES string of the molecule is Nc1ccccc1NC(=O)c1cscn1. The van der Waals surface area contributed by atoms with E-state index >= 15 is 0 Å². The lowest BCUT2D eigenvalue weighted by atomic mass is 10.2. The molecule has 3 N–H and O–H groups in total. The smallest absolute Gasteiger partial charge is 0.275 e. The highest BCUT2D eigenvalue weighted by Crippen LogP contribution is 2.17. The fourth-order valence-electron chi connectivity index (χ4n) is 1.12. The molecule has 0 fully saturated rings. The van der Waals surface area contributed by atoms with Gasteiger partial charge in [0.25, 0.3) is 5.91 Å². The minimum atomic E-state index is -0.242. The molecule has 0 bridgehead atoms. The number of anilines is 2. The Balaban J connectivity index is 2.17. The monoisotopic (exact) mass is 219 g/mol. The van der Waals surface area contributed by atoms with Crippen molar-refractivity contribution in [1.29, 1.82) is 0 Å². The minimum Gasteiger partial charge on any atom is -0.397 e. The Morgan fingerprint density at radius 3 is 2.87 bits per heavy atom. The van der Waals surface area contributed by atoms with E-state index in [0.29, 0.717) is 17.1 Å². The van der Waals surface area contributed by atoms with E-state index in [9.17, 15) is 4.79 Å². The van der Waals surface area contributed by atoms with Gasteiger partial charge in [0.05, 0.1) is 16.9 Å². The van der Waals surface area contributed by atoms with Crippen molar-refractivity contribution in [3.05, 3.63) is 40.8 Å². The number of thiazole rings is 1. The van der Waals surface area contributed by atoms with Gasteiger partial charge in [-0.15, -0.1) is 11.3 Å². The third-order valence-electron chi connectivity index (χ3n) is 1.87. The van der Waals surface area contributed by atoms with Gasteiger partial charge in [-0.1, -0.05) is 12.1 Å². The van der Waals surface area contributed by atoms with E-state index in [4.69, 9.17) is 5.73 Å². The van der Waals surface area contributed by atoms with Gasteiger partial charge in [-0.2, -0.15) is 0 Å². The molecule has 15 heavy (non-hydrogen) atoms. The number of rotatable bonds is 2. The number of carbonyl (C=O) groups excluding carboxylic acids is 1. The molecule has 5 heteroatoms. The maximum atomic E-state index is 11.6. The Morgan fingerprint density at radius 2 is 2.20 bits per heavy atom. The number of aromatic nitrogens is 1. The number of hydrogen-bond donors (Lipinski definition) is 2. The molecule has 1 aromatic carbocycles. The number of nitrogens with two attached hydrogens (primary N) is 1. The summed E-state index contributed by atoms with van der Waals surface area (Å²) in [5.41, 5.74) is 8.86. The molecule has 0 aliphatic carbocycles. The van der Waals surface area contributed by atoms with Crippen molar-refractivity contribution in [3.8, 4) is 0 Å². The van der Waals surface area contributed by atoms with Gasteiger partial charge in [-0.25, -0.2) is 4.98 Å². The first-order chi connectivity index (χ1) is 7.27. The fraction of sp³-hybridized carbons (Fsp3) is 0. The Morgan fingerprint density at radius 1 is 1.40 bits per heavy atom. The fourth-order valence-corrected chi connectivity index (χ4v) is 1.65. The first-order valence-electron chi connectivity index (χ1n) is 4.31. The standard InChI is InChI=1S/C10H9N3OS/c11-7-3-1-2-4-8(7)13-10(14)9-5-15-6-12-9/h1-6H,11H2,(H,13,14). The predicted octanol–water partition coefficient (Wildman–Crippen LogP) is 1.98. The van der Waals surface area contributed by atoms with Crippen LogP contribution in [0.3, 0.4) is 0 Å². The van der Waals surface area contributed by atoms with E-state index in [2.05, 4.69) is 10.3 Å².